The van der Waals surface area contributed by atoms with E-state index in [1.165, 1.54) is 6.07 Å². The molecule has 19 heavy (non-hydrogen) atoms. The highest BCUT2D eigenvalue weighted by molar-refractivity contribution is 6.33. The first kappa shape index (κ1) is 13.4. The molecule has 0 spiro atoms. The molecule has 1 aromatic carbocycles. The highest BCUT2D eigenvalue weighted by atomic mass is 35.5. The summed E-state index contributed by atoms with van der Waals surface area (Å²) in [6.45, 7) is 3.90. The summed E-state index contributed by atoms with van der Waals surface area (Å²) in [5.74, 6) is -0.607. The number of pyridine rings is 1. The third-order valence-corrected chi connectivity index (χ3v) is 2.95. The Morgan fingerprint density at radius 1 is 1.32 bits per heavy atom. The fourth-order valence-corrected chi connectivity index (χ4v) is 2.19. The van der Waals surface area contributed by atoms with Crippen molar-refractivity contribution in [3.63, 3.8) is 0 Å². The van der Waals surface area contributed by atoms with Gasteiger partial charge in [0.05, 0.1) is 10.7 Å². The number of hydrogen-bond donors (Lipinski definition) is 2. The maximum absolute atomic E-state index is 10.9. The first-order chi connectivity index (χ1) is 8.97. The number of carbonyl (C=O) groups is 1. The number of hydrogen-bond acceptors (Lipinski definition) is 3. The van der Waals surface area contributed by atoms with Crippen LogP contribution in [0.5, 0.6) is 0 Å². The molecule has 98 valence electrons. The molecule has 5 heteroatoms. The van der Waals surface area contributed by atoms with Crippen LogP contribution < -0.4 is 5.32 Å². The van der Waals surface area contributed by atoms with Gasteiger partial charge in [0, 0.05) is 0 Å². The van der Waals surface area contributed by atoms with Gasteiger partial charge in [-0.3, -0.25) is 0 Å². The predicted octanol–water partition coefficient (Wildman–Crippen LogP) is 3.79. The minimum atomic E-state index is -1.06. The number of nitrogens with one attached hydrogen (secondary N) is 1. The molecule has 0 amide bonds. The van der Waals surface area contributed by atoms with Gasteiger partial charge in [0.25, 0.3) is 0 Å². The Morgan fingerprint density at radius 3 is 2.68 bits per heavy atom. The van der Waals surface area contributed by atoms with Crippen LogP contribution in [0.1, 0.15) is 21.6 Å². The molecule has 0 fully saturated rings. The van der Waals surface area contributed by atoms with Crippen molar-refractivity contribution in [2.45, 2.75) is 13.8 Å². The highest BCUT2D eigenvalue weighted by Crippen LogP contribution is 2.29. The van der Waals surface area contributed by atoms with E-state index >= 15 is 0 Å². The Balaban J connectivity index is 2.36. The maximum Gasteiger partial charge on any atom is 0.354 e. The van der Waals surface area contributed by atoms with Crippen LogP contribution in [0.15, 0.2) is 30.3 Å². The number of carboxylic acid groups (broad SMARTS) is 1. The van der Waals surface area contributed by atoms with Crippen molar-refractivity contribution < 1.29 is 9.90 Å². The van der Waals surface area contributed by atoms with Crippen LogP contribution in [0.3, 0.4) is 0 Å². The summed E-state index contributed by atoms with van der Waals surface area (Å²) in [6.07, 6.45) is 0. The second-order valence-electron chi connectivity index (χ2n) is 4.28. The molecular weight excluding hydrogens is 264 g/mol. The predicted molar refractivity (Wildman–Crippen MR) is 75.4 cm³/mol. The van der Waals surface area contributed by atoms with Gasteiger partial charge in [0.2, 0.25) is 0 Å². The van der Waals surface area contributed by atoms with Crippen LogP contribution >= 0.6 is 11.6 Å². The second kappa shape index (κ2) is 5.28. The van der Waals surface area contributed by atoms with Crippen LogP contribution in [0.4, 0.5) is 11.5 Å². The Kier molecular flexibility index (Phi) is 3.71. The fourth-order valence-electron chi connectivity index (χ4n) is 1.83. The van der Waals surface area contributed by atoms with E-state index in [9.17, 15) is 4.79 Å². The molecule has 1 aromatic heterocycles. The molecular formula is C14H13ClN2O2. The van der Waals surface area contributed by atoms with Gasteiger partial charge in [-0.25, -0.2) is 9.78 Å². The number of carboxylic acids is 1. The number of aromatic carboxylic acids is 1. The zero-order chi connectivity index (χ0) is 14.0. The molecule has 0 aliphatic rings. The van der Waals surface area contributed by atoms with Gasteiger partial charge < -0.3 is 10.4 Å². The molecule has 1 heterocycles. The summed E-state index contributed by atoms with van der Waals surface area (Å²) >= 11 is 6.18. The number of anilines is 2. The van der Waals surface area contributed by atoms with Gasteiger partial charge in [-0.2, -0.15) is 0 Å². The quantitative estimate of drug-likeness (QED) is 0.895. The summed E-state index contributed by atoms with van der Waals surface area (Å²) in [7, 11) is 0. The van der Waals surface area contributed by atoms with Crippen molar-refractivity contribution in [3.05, 3.63) is 52.2 Å². The van der Waals surface area contributed by atoms with Crippen molar-refractivity contribution in [2.75, 3.05) is 5.32 Å². The molecule has 0 saturated heterocycles. The number of benzene rings is 1. The third kappa shape index (κ3) is 3.03. The monoisotopic (exact) mass is 276 g/mol. The van der Waals surface area contributed by atoms with Gasteiger partial charge in [0.15, 0.2) is 5.69 Å². The van der Waals surface area contributed by atoms with E-state index in [0.29, 0.717) is 10.8 Å². The molecule has 0 unspecified atom stereocenters. The van der Waals surface area contributed by atoms with E-state index in [1.807, 2.05) is 26.0 Å². The zero-order valence-electron chi connectivity index (χ0n) is 10.6. The number of aryl methyl sites for hydroxylation is 2. The molecule has 0 radical (unpaired) electrons. The molecule has 0 saturated carbocycles. The number of nitrogens with zero attached hydrogens (tertiary/aromatic N) is 1. The van der Waals surface area contributed by atoms with E-state index in [0.717, 1.165) is 16.8 Å². The van der Waals surface area contributed by atoms with Crippen LogP contribution in [0.2, 0.25) is 5.02 Å². The van der Waals surface area contributed by atoms with Gasteiger partial charge in [0.1, 0.15) is 5.82 Å². The molecule has 2 N–H and O–H groups in total. The van der Waals surface area contributed by atoms with Gasteiger partial charge in [-0.1, -0.05) is 23.7 Å². The SMILES string of the molecule is Cc1cc(C)c(Nc2cccc(C(=O)O)n2)c(Cl)c1. The lowest BCUT2D eigenvalue weighted by Crippen LogP contribution is -2.03. The van der Waals surface area contributed by atoms with E-state index in [4.69, 9.17) is 16.7 Å². The molecule has 2 rings (SSSR count). The highest BCUT2D eigenvalue weighted by Gasteiger charge is 2.09. The number of rotatable bonds is 3. The summed E-state index contributed by atoms with van der Waals surface area (Å²) < 4.78 is 0. The number of aromatic nitrogens is 1. The molecule has 0 aliphatic heterocycles. The van der Waals surface area contributed by atoms with E-state index in [2.05, 4.69) is 10.3 Å². The Bertz CT molecular complexity index is 618. The average Bonchev–Trinajstić information content (AvgIpc) is 2.34. The van der Waals surface area contributed by atoms with Gasteiger partial charge in [-0.05, 0) is 43.2 Å². The fraction of sp³-hybridized carbons (Fsp3) is 0.143. The zero-order valence-corrected chi connectivity index (χ0v) is 11.3. The normalized spacial score (nSPS) is 10.3. The smallest absolute Gasteiger partial charge is 0.354 e. The van der Waals surface area contributed by atoms with Gasteiger partial charge in [-0.15, -0.1) is 0 Å². The Labute approximate surface area is 116 Å². The van der Waals surface area contributed by atoms with Crippen molar-refractivity contribution in [1.82, 2.24) is 4.98 Å². The molecule has 2 aromatic rings. The lowest BCUT2D eigenvalue weighted by Gasteiger charge is -2.12. The standard InChI is InChI=1S/C14H13ClN2O2/c1-8-6-9(2)13(10(15)7-8)17-12-5-3-4-11(16-12)14(18)19/h3-7H,1-2H3,(H,16,17)(H,18,19). The van der Waals surface area contributed by atoms with E-state index in [1.54, 1.807) is 12.1 Å². The number of halogens is 1. The van der Waals surface area contributed by atoms with Crippen molar-refractivity contribution in [1.29, 1.82) is 0 Å². The maximum atomic E-state index is 10.9. The summed E-state index contributed by atoms with van der Waals surface area (Å²) in [5, 5.41) is 12.5. The van der Waals surface area contributed by atoms with Gasteiger partial charge >= 0.3 is 5.97 Å². The lowest BCUT2D eigenvalue weighted by atomic mass is 10.1. The first-order valence-corrected chi connectivity index (χ1v) is 6.09. The summed E-state index contributed by atoms with van der Waals surface area (Å²) in [4.78, 5) is 14.9. The Morgan fingerprint density at radius 2 is 2.05 bits per heavy atom. The topological polar surface area (TPSA) is 62.2 Å². The molecule has 4 nitrogen and oxygen atoms in total. The summed E-state index contributed by atoms with van der Waals surface area (Å²) in [6, 6.07) is 8.61. The van der Waals surface area contributed by atoms with E-state index < -0.39 is 5.97 Å². The minimum Gasteiger partial charge on any atom is -0.477 e. The second-order valence-corrected chi connectivity index (χ2v) is 4.68. The molecule has 0 atom stereocenters. The molecule has 0 aliphatic carbocycles. The van der Waals surface area contributed by atoms with Crippen molar-refractivity contribution in [3.8, 4) is 0 Å². The lowest BCUT2D eigenvalue weighted by molar-refractivity contribution is 0.0690. The van der Waals surface area contributed by atoms with Crippen LogP contribution in [-0.2, 0) is 0 Å². The largest absolute Gasteiger partial charge is 0.477 e. The van der Waals surface area contributed by atoms with Crippen LogP contribution in [0, 0.1) is 13.8 Å². The minimum absolute atomic E-state index is 0.00844. The third-order valence-electron chi connectivity index (χ3n) is 2.65. The van der Waals surface area contributed by atoms with Crippen molar-refractivity contribution in [2.24, 2.45) is 0 Å². The first-order valence-electron chi connectivity index (χ1n) is 5.71. The summed E-state index contributed by atoms with van der Waals surface area (Å²) in [5.41, 5.74) is 2.78. The average molecular weight is 277 g/mol. The van der Waals surface area contributed by atoms with Crippen molar-refractivity contribution >= 4 is 29.1 Å². The van der Waals surface area contributed by atoms with E-state index in [-0.39, 0.29) is 5.69 Å². The molecule has 0 bridgehead atoms. The Hall–Kier alpha value is -2.07. The van der Waals surface area contributed by atoms with Crippen LogP contribution in [-0.4, -0.2) is 16.1 Å². The van der Waals surface area contributed by atoms with Crippen LogP contribution in [0.25, 0.3) is 0 Å².